The molecule has 0 radical (unpaired) electrons. The van der Waals surface area contributed by atoms with Crippen LogP contribution in [0, 0.1) is 0 Å². The molecule has 0 atom stereocenters. The van der Waals surface area contributed by atoms with Crippen LogP contribution >= 0.6 is 11.7 Å². The Balaban J connectivity index is 0.000000559. The third-order valence-electron chi connectivity index (χ3n) is 5.44. The van der Waals surface area contributed by atoms with Gasteiger partial charge in [-0.05, 0) is 24.3 Å². The van der Waals surface area contributed by atoms with Crippen molar-refractivity contribution < 1.29 is 49.5 Å². The molecule has 4 rings (SSSR count). The summed E-state index contributed by atoms with van der Waals surface area (Å²) in [6.45, 7) is 1.15. The number of aromatic nitrogens is 3. The number of halogens is 6. The smallest absolute Gasteiger partial charge is 0.475 e. The summed E-state index contributed by atoms with van der Waals surface area (Å²) in [7, 11) is -3.87. The number of carbonyl (C=O) groups is 2. The van der Waals surface area contributed by atoms with Crippen LogP contribution in [0.3, 0.4) is 0 Å². The third kappa shape index (κ3) is 7.98. The van der Waals surface area contributed by atoms with E-state index in [1.165, 1.54) is 6.07 Å². The van der Waals surface area contributed by atoms with Crippen molar-refractivity contribution in [2.24, 2.45) is 0 Å². The van der Waals surface area contributed by atoms with Crippen LogP contribution in [0.4, 0.5) is 32.2 Å². The van der Waals surface area contributed by atoms with E-state index in [2.05, 4.69) is 18.5 Å². The zero-order chi connectivity index (χ0) is 29.7. The molecule has 40 heavy (non-hydrogen) atoms. The number of hydrogen-bond acceptors (Lipinski definition) is 9. The zero-order valence-electron chi connectivity index (χ0n) is 20.1. The van der Waals surface area contributed by atoms with Crippen LogP contribution in [0.2, 0.25) is 0 Å². The van der Waals surface area contributed by atoms with Gasteiger partial charge < -0.3 is 14.9 Å². The molecule has 0 saturated carbocycles. The van der Waals surface area contributed by atoms with E-state index < -0.39 is 33.9 Å². The van der Waals surface area contributed by atoms with E-state index in [0.717, 1.165) is 30.1 Å². The van der Waals surface area contributed by atoms with Gasteiger partial charge in [-0.3, -0.25) is 4.79 Å². The quantitative estimate of drug-likeness (QED) is 0.401. The monoisotopic (exact) mass is 614 g/mol. The second kappa shape index (κ2) is 12.3. The van der Waals surface area contributed by atoms with Gasteiger partial charge in [0.15, 0.2) is 0 Å². The number of pyridine rings is 1. The van der Waals surface area contributed by atoms with Crippen molar-refractivity contribution in [2.75, 3.05) is 37.6 Å². The summed E-state index contributed by atoms with van der Waals surface area (Å²) < 4.78 is 106. The van der Waals surface area contributed by atoms with Crippen LogP contribution in [-0.2, 0) is 25.8 Å². The van der Waals surface area contributed by atoms with Crippen LogP contribution in [0.1, 0.15) is 12.0 Å². The summed E-state index contributed by atoms with van der Waals surface area (Å²) in [5, 5.41) is 7.12. The van der Waals surface area contributed by atoms with Gasteiger partial charge >= 0.3 is 18.3 Å². The summed E-state index contributed by atoms with van der Waals surface area (Å²) in [5.41, 5.74) is -0.0184. The van der Waals surface area contributed by atoms with Gasteiger partial charge in [0.1, 0.15) is 21.7 Å². The van der Waals surface area contributed by atoms with Crippen molar-refractivity contribution >= 4 is 50.5 Å². The molecular formula is C21H20F6N6O5S2. The van der Waals surface area contributed by atoms with Crippen molar-refractivity contribution in [3.63, 3.8) is 0 Å². The van der Waals surface area contributed by atoms with E-state index in [9.17, 15) is 39.6 Å². The van der Waals surface area contributed by atoms with E-state index >= 15 is 0 Å². The molecule has 1 saturated heterocycles. The number of benzene rings is 1. The highest BCUT2D eigenvalue weighted by Crippen LogP contribution is 2.31. The van der Waals surface area contributed by atoms with Gasteiger partial charge in [0.2, 0.25) is 15.9 Å². The van der Waals surface area contributed by atoms with Gasteiger partial charge in [-0.15, -0.1) is 0 Å². The molecule has 0 aliphatic carbocycles. The van der Waals surface area contributed by atoms with Crippen molar-refractivity contribution in [1.29, 1.82) is 0 Å². The van der Waals surface area contributed by atoms with E-state index in [0.29, 0.717) is 31.7 Å². The van der Waals surface area contributed by atoms with Crippen LogP contribution in [0.25, 0.3) is 11.0 Å². The highest BCUT2D eigenvalue weighted by Gasteiger charge is 2.38. The van der Waals surface area contributed by atoms with Gasteiger partial charge in [0.25, 0.3) is 0 Å². The Labute approximate surface area is 226 Å². The Morgan fingerprint density at radius 3 is 2.27 bits per heavy atom. The second-order valence-corrected chi connectivity index (χ2v) is 10.4. The Morgan fingerprint density at radius 1 is 1.02 bits per heavy atom. The van der Waals surface area contributed by atoms with E-state index in [1.807, 2.05) is 0 Å². The maximum Gasteiger partial charge on any atom is 0.490 e. The number of piperazine rings is 1. The number of nitrogens with one attached hydrogen (secondary N) is 1. The average molecular weight is 615 g/mol. The molecule has 3 heterocycles. The summed E-state index contributed by atoms with van der Waals surface area (Å²) in [4.78, 5) is 28.7. The number of fused-ring (bicyclic) bond motifs is 1. The van der Waals surface area contributed by atoms with Gasteiger partial charge in [-0.1, -0.05) is 6.07 Å². The lowest BCUT2D eigenvalue weighted by Gasteiger charge is -2.35. The molecule has 218 valence electrons. The van der Waals surface area contributed by atoms with Gasteiger partial charge in [-0.2, -0.15) is 35.1 Å². The highest BCUT2D eigenvalue weighted by molar-refractivity contribution is 7.89. The zero-order valence-corrected chi connectivity index (χ0v) is 21.7. The lowest BCUT2D eigenvalue weighted by molar-refractivity contribution is -0.192. The second-order valence-electron chi connectivity index (χ2n) is 8.11. The molecule has 0 unspecified atom stereocenters. The molecule has 1 fully saturated rings. The Kier molecular flexibility index (Phi) is 9.52. The molecule has 2 N–H and O–H groups in total. The molecule has 11 nitrogen and oxygen atoms in total. The van der Waals surface area contributed by atoms with Crippen molar-refractivity contribution in [3.8, 4) is 0 Å². The number of alkyl halides is 6. The van der Waals surface area contributed by atoms with Crippen LogP contribution in [0.15, 0.2) is 41.4 Å². The topological polar surface area (TPSA) is 146 Å². The molecule has 0 bridgehead atoms. The number of carboxylic acids is 1. The normalized spacial score (nSPS) is 14.6. The maximum atomic E-state index is 12.9. The Hall–Kier alpha value is -3.58. The molecule has 1 amide bonds. The average Bonchev–Trinajstić information content (AvgIpc) is 3.37. The van der Waals surface area contributed by atoms with Crippen molar-refractivity contribution in [3.05, 3.63) is 42.1 Å². The first-order valence-corrected chi connectivity index (χ1v) is 13.4. The fourth-order valence-corrected chi connectivity index (χ4v) is 5.28. The van der Waals surface area contributed by atoms with Crippen molar-refractivity contribution in [2.45, 2.75) is 23.7 Å². The predicted octanol–water partition coefficient (Wildman–Crippen LogP) is 2.76. The number of carboxylic acid groups (broad SMARTS) is 1. The minimum absolute atomic E-state index is 0.00315. The molecule has 3 aromatic rings. The lowest BCUT2D eigenvalue weighted by atomic mass is 10.2. The summed E-state index contributed by atoms with van der Waals surface area (Å²) in [5.74, 6) is -2.80. The lowest BCUT2D eigenvalue weighted by Crippen LogP contribution is -2.49. The fraction of sp³-hybridized carbons (Fsp3) is 0.381. The van der Waals surface area contributed by atoms with Crippen molar-refractivity contribution in [1.82, 2.24) is 23.4 Å². The van der Waals surface area contributed by atoms with E-state index in [-0.39, 0.29) is 35.1 Å². The number of rotatable bonds is 6. The van der Waals surface area contributed by atoms with Gasteiger partial charge in [-0.25, -0.2) is 22.9 Å². The summed E-state index contributed by atoms with van der Waals surface area (Å²) in [6, 6.07) is 6.56. The van der Waals surface area contributed by atoms with E-state index in [4.69, 9.17) is 9.90 Å². The number of carbonyl (C=O) groups excluding carboxylic acids is 1. The molecule has 1 aliphatic heterocycles. The third-order valence-corrected chi connectivity index (χ3v) is 7.48. The first kappa shape index (κ1) is 31.0. The fourth-order valence-electron chi connectivity index (χ4n) is 3.48. The molecule has 1 aliphatic rings. The minimum Gasteiger partial charge on any atom is -0.475 e. The predicted molar refractivity (Wildman–Crippen MR) is 129 cm³/mol. The van der Waals surface area contributed by atoms with Crippen LogP contribution < -0.4 is 9.62 Å². The number of anilines is 1. The molecule has 2 aromatic heterocycles. The number of hydrogen-bond donors (Lipinski definition) is 2. The Bertz CT molecular complexity index is 1460. The minimum atomic E-state index is -5.08. The number of aliphatic carboxylic acids is 1. The molecule has 19 heteroatoms. The highest BCUT2D eigenvalue weighted by atomic mass is 32.2. The van der Waals surface area contributed by atoms with E-state index in [1.54, 1.807) is 21.9 Å². The van der Waals surface area contributed by atoms with Gasteiger partial charge in [0.05, 0.1) is 17.3 Å². The maximum absolute atomic E-state index is 12.9. The van der Waals surface area contributed by atoms with Gasteiger partial charge in [0, 0.05) is 45.3 Å². The SMILES string of the molecule is O=C(CCNS(=O)(=O)c1cccc2nsnc12)N1CCN(c2cc(C(F)(F)F)ccn2)CC1.O=C(O)C(F)(F)F. The summed E-state index contributed by atoms with van der Waals surface area (Å²) >= 11 is 0.914. The van der Waals surface area contributed by atoms with Crippen LogP contribution in [0.5, 0.6) is 0 Å². The first-order chi connectivity index (χ1) is 18.6. The Morgan fingerprint density at radius 2 is 1.68 bits per heavy atom. The molecule has 0 spiro atoms. The molecular weight excluding hydrogens is 594 g/mol. The number of sulfonamides is 1. The largest absolute Gasteiger partial charge is 0.490 e. The number of nitrogens with zero attached hydrogens (tertiary/aromatic N) is 5. The first-order valence-electron chi connectivity index (χ1n) is 11.2. The molecule has 1 aromatic carbocycles. The standard InChI is InChI=1S/C19H19F3N6O3S2.C2HF3O2/c20-19(21,22)13-4-6-23-16(12-13)27-8-10-28(11-9-27)17(29)5-7-24-33(30,31)15-3-1-2-14-18(15)26-32-25-14;3-2(4,5)1(6)7/h1-4,6,12,24H,5,7-11H2;(H,6,7). The van der Waals surface area contributed by atoms with Crippen LogP contribution in [-0.4, -0.2) is 82.9 Å². The summed E-state index contributed by atoms with van der Waals surface area (Å²) in [6.07, 6.45) is -8.47. The number of amides is 1.